The molecule has 0 heterocycles. The molecule has 7 heteroatoms. The molecule has 4 nitrogen and oxygen atoms in total. The van der Waals surface area contributed by atoms with Crippen LogP contribution < -0.4 is 10.2 Å². The molecule has 0 bridgehead atoms. The van der Waals surface area contributed by atoms with Crippen LogP contribution >= 0.6 is 11.6 Å². The number of hydrogen-bond acceptors (Lipinski definition) is 2. The third kappa shape index (κ3) is 4.26. The van der Waals surface area contributed by atoms with Crippen LogP contribution in [-0.2, 0) is 9.59 Å². The second-order valence-corrected chi connectivity index (χ2v) is 5.14. The van der Waals surface area contributed by atoms with E-state index in [0.717, 1.165) is 11.0 Å². The van der Waals surface area contributed by atoms with Gasteiger partial charge in [-0.1, -0.05) is 23.7 Å². The third-order valence-corrected chi connectivity index (χ3v) is 3.32. The van der Waals surface area contributed by atoms with Crippen molar-refractivity contribution in [3.8, 4) is 0 Å². The van der Waals surface area contributed by atoms with Gasteiger partial charge in [-0.15, -0.1) is 0 Å². The second-order valence-electron chi connectivity index (χ2n) is 4.73. The summed E-state index contributed by atoms with van der Waals surface area (Å²) in [6.45, 7) is 0.847. The number of amides is 2. The highest BCUT2D eigenvalue weighted by molar-refractivity contribution is 6.31. The standard InChI is InChI=1S/C16H13ClF2N2O2/c1-10(22)21(15-5-3-2-4-14(15)19)9-16(23)20-11-6-7-13(18)12(17)8-11/h2-8H,9H2,1H3,(H,20,23). The molecule has 2 aromatic carbocycles. The molecule has 120 valence electrons. The van der Waals surface area contributed by atoms with Crippen molar-refractivity contribution in [2.24, 2.45) is 0 Å². The molecule has 0 radical (unpaired) electrons. The van der Waals surface area contributed by atoms with Crippen molar-refractivity contribution >= 4 is 34.8 Å². The number of para-hydroxylation sites is 1. The van der Waals surface area contributed by atoms with E-state index in [4.69, 9.17) is 11.6 Å². The van der Waals surface area contributed by atoms with Gasteiger partial charge in [-0.2, -0.15) is 0 Å². The van der Waals surface area contributed by atoms with Gasteiger partial charge in [-0.25, -0.2) is 8.78 Å². The lowest BCUT2D eigenvalue weighted by molar-refractivity contribution is -0.120. The minimum absolute atomic E-state index is 0.00675. The Morgan fingerprint density at radius 1 is 1.13 bits per heavy atom. The topological polar surface area (TPSA) is 49.4 Å². The van der Waals surface area contributed by atoms with Crippen LogP contribution in [0.3, 0.4) is 0 Å². The van der Waals surface area contributed by atoms with E-state index < -0.39 is 23.4 Å². The summed E-state index contributed by atoms with van der Waals surface area (Å²) in [5.74, 6) is -2.27. The lowest BCUT2D eigenvalue weighted by Gasteiger charge is -2.21. The first-order valence-electron chi connectivity index (χ1n) is 6.66. The lowest BCUT2D eigenvalue weighted by Crippen LogP contribution is -2.37. The van der Waals surface area contributed by atoms with Crippen molar-refractivity contribution in [3.63, 3.8) is 0 Å². The normalized spacial score (nSPS) is 10.3. The van der Waals surface area contributed by atoms with Gasteiger partial charge in [-0.05, 0) is 30.3 Å². The Bertz CT molecular complexity index is 753. The molecule has 0 aliphatic rings. The van der Waals surface area contributed by atoms with Crippen LogP contribution in [-0.4, -0.2) is 18.4 Å². The van der Waals surface area contributed by atoms with Crippen LogP contribution in [0.1, 0.15) is 6.92 Å². The molecular formula is C16H13ClF2N2O2. The molecule has 0 fully saturated rings. The van der Waals surface area contributed by atoms with Gasteiger partial charge in [0.25, 0.3) is 0 Å². The molecule has 0 aliphatic heterocycles. The predicted molar refractivity (Wildman–Crippen MR) is 84.5 cm³/mol. The molecule has 0 aliphatic carbocycles. The Balaban J connectivity index is 2.14. The highest BCUT2D eigenvalue weighted by atomic mass is 35.5. The summed E-state index contributed by atoms with van der Waals surface area (Å²) in [6, 6.07) is 9.33. The van der Waals surface area contributed by atoms with Gasteiger partial charge in [0.15, 0.2) is 0 Å². The van der Waals surface area contributed by atoms with Crippen LogP contribution in [0, 0.1) is 11.6 Å². The van der Waals surface area contributed by atoms with E-state index in [2.05, 4.69) is 5.32 Å². The Morgan fingerprint density at radius 3 is 2.43 bits per heavy atom. The zero-order chi connectivity index (χ0) is 17.0. The smallest absolute Gasteiger partial charge is 0.244 e. The van der Waals surface area contributed by atoms with Crippen molar-refractivity contribution in [2.75, 3.05) is 16.8 Å². The molecule has 0 aromatic heterocycles. The summed E-state index contributed by atoms with van der Waals surface area (Å²) in [5.41, 5.74) is 0.283. The van der Waals surface area contributed by atoms with Crippen molar-refractivity contribution in [3.05, 3.63) is 59.1 Å². The Labute approximate surface area is 136 Å². The first kappa shape index (κ1) is 16.9. The van der Waals surface area contributed by atoms with Gasteiger partial charge in [-0.3, -0.25) is 9.59 Å². The molecule has 0 atom stereocenters. The maximum Gasteiger partial charge on any atom is 0.244 e. The number of nitrogens with one attached hydrogen (secondary N) is 1. The molecule has 23 heavy (non-hydrogen) atoms. The number of hydrogen-bond donors (Lipinski definition) is 1. The number of carbonyl (C=O) groups is 2. The number of anilines is 2. The monoisotopic (exact) mass is 338 g/mol. The highest BCUT2D eigenvalue weighted by Gasteiger charge is 2.19. The number of halogens is 3. The summed E-state index contributed by atoms with van der Waals surface area (Å²) in [5, 5.41) is 2.34. The van der Waals surface area contributed by atoms with Crippen LogP contribution in [0.15, 0.2) is 42.5 Å². The van der Waals surface area contributed by atoms with Crippen LogP contribution in [0.2, 0.25) is 5.02 Å². The van der Waals surface area contributed by atoms with E-state index in [9.17, 15) is 18.4 Å². The number of carbonyl (C=O) groups excluding carboxylic acids is 2. The minimum atomic E-state index is -0.611. The summed E-state index contributed by atoms with van der Waals surface area (Å²) < 4.78 is 26.9. The summed E-state index contributed by atoms with van der Waals surface area (Å²) in [4.78, 5) is 24.7. The summed E-state index contributed by atoms with van der Waals surface area (Å²) in [6.07, 6.45) is 0. The molecule has 0 saturated carbocycles. The summed E-state index contributed by atoms with van der Waals surface area (Å²) >= 11 is 5.63. The van der Waals surface area contributed by atoms with Crippen LogP contribution in [0.25, 0.3) is 0 Å². The SMILES string of the molecule is CC(=O)N(CC(=O)Nc1ccc(F)c(Cl)c1)c1ccccc1F. The maximum atomic E-state index is 13.8. The maximum absolute atomic E-state index is 13.8. The Morgan fingerprint density at radius 2 is 1.83 bits per heavy atom. The minimum Gasteiger partial charge on any atom is -0.324 e. The van der Waals surface area contributed by atoms with Crippen LogP contribution in [0.4, 0.5) is 20.2 Å². The quantitative estimate of drug-likeness (QED) is 0.925. The van der Waals surface area contributed by atoms with E-state index >= 15 is 0 Å². The average Bonchev–Trinajstić information content (AvgIpc) is 2.49. The van der Waals surface area contributed by atoms with E-state index in [1.54, 1.807) is 6.07 Å². The first-order chi connectivity index (χ1) is 10.9. The average molecular weight is 339 g/mol. The fourth-order valence-electron chi connectivity index (χ4n) is 1.95. The van der Waals surface area contributed by atoms with Crippen molar-refractivity contribution < 1.29 is 18.4 Å². The molecule has 0 spiro atoms. The number of nitrogens with zero attached hydrogens (tertiary/aromatic N) is 1. The Kier molecular flexibility index (Phi) is 5.28. The fraction of sp³-hybridized carbons (Fsp3) is 0.125. The van der Waals surface area contributed by atoms with E-state index in [-0.39, 0.29) is 22.9 Å². The molecule has 0 saturated heterocycles. The molecular weight excluding hydrogens is 326 g/mol. The first-order valence-corrected chi connectivity index (χ1v) is 7.04. The largest absolute Gasteiger partial charge is 0.324 e. The van der Waals surface area contributed by atoms with Gasteiger partial charge in [0.1, 0.15) is 18.2 Å². The van der Waals surface area contributed by atoms with Crippen molar-refractivity contribution in [1.29, 1.82) is 0 Å². The van der Waals surface area contributed by atoms with Crippen molar-refractivity contribution in [1.82, 2.24) is 0 Å². The molecule has 2 aromatic rings. The zero-order valence-corrected chi connectivity index (χ0v) is 12.9. The van der Waals surface area contributed by atoms with Crippen molar-refractivity contribution in [2.45, 2.75) is 6.92 Å². The molecule has 0 unspecified atom stereocenters. The highest BCUT2D eigenvalue weighted by Crippen LogP contribution is 2.21. The van der Waals surface area contributed by atoms with E-state index in [1.807, 2.05) is 0 Å². The van der Waals surface area contributed by atoms with Gasteiger partial charge in [0.05, 0.1) is 10.7 Å². The molecule has 2 amide bonds. The second kappa shape index (κ2) is 7.19. The predicted octanol–water partition coefficient (Wildman–Crippen LogP) is 3.61. The van der Waals surface area contributed by atoms with E-state index in [0.29, 0.717) is 0 Å². The van der Waals surface area contributed by atoms with Gasteiger partial charge in [0, 0.05) is 12.6 Å². The molecule has 1 N–H and O–H groups in total. The third-order valence-electron chi connectivity index (χ3n) is 3.03. The Hall–Kier alpha value is -2.47. The zero-order valence-electron chi connectivity index (χ0n) is 12.1. The van der Waals surface area contributed by atoms with Crippen LogP contribution in [0.5, 0.6) is 0 Å². The van der Waals surface area contributed by atoms with Gasteiger partial charge in [0.2, 0.25) is 11.8 Å². The fourth-order valence-corrected chi connectivity index (χ4v) is 2.14. The number of rotatable bonds is 4. The molecule has 2 rings (SSSR count). The van der Waals surface area contributed by atoms with Gasteiger partial charge < -0.3 is 10.2 Å². The van der Waals surface area contributed by atoms with Gasteiger partial charge >= 0.3 is 0 Å². The number of benzene rings is 2. The lowest BCUT2D eigenvalue weighted by atomic mass is 10.2. The summed E-state index contributed by atoms with van der Waals surface area (Å²) in [7, 11) is 0. The van der Waals surface area contributed by atoms with E-state index in [1.165, 1.54) is 37.3 Å².